The van der Waals surface area contributed by atoms with Crippen LogP contribution in [0, 0.1) is 13.8 Å². The van der Waals surface area contributed by atoms with Crippen molar-refractivity contribution in [3.05, 3.63) is 81.3 Å². The lowest BCUT2D eigenvalue weighted by molar-refractivity contribution is 0.0955. The lowest BCUT2D eigenvalue weighted by atomic mass is 10.1. The van der Waals surface area contributed by atoms with Crippen LogP contribution in [-0.4, -0.2) is 15.7 Å². The third kappa shape index (κ3) is 3.61. The summed E-state index contributed by atoms with van der Waals surface area (Å²) >= 11 is 7.43. The van der Waals surface area contributed by atoms with Gasteiger partial charge in [0.1, 0.15) is 4.83 Å². The van der Waals surface area contributed by atoms with E-state index in [0.717, 1.165) is 27.2 Å². The van der Waals surface area contributed by atoms with Gasteiger partial charge in [0, 0.05) is 17.0 Å². The number of thiophene rings is 1. The predicted octanol–water partition coefficient (Wildman–Crippen LogP) is 5.29. The van der Waals surface area contributed by atoms with E-state index in [2.05, 4.69) is 10.4 Å². The Kier molecular flexibility index (Phi) is 4.72. The summed E-state index contributed by atoms with van der Waals surface area (Å²) in [7, 11) is 0. The van der Waals surface area contributed by atoms with Crippen LogP contribution in [0.4, 0.5) is 0 Å². The minimum Gasteiger partial charge on any atom is -0.347 e. The summed E-state index contributed by atoms with van der Waals surface area (Å²) in [5.74, 6) is -0.0705. The van der Waals surface area contributed by atoms with Crippen molar-refractivity contribution in [1.29, 1.82) is 0 Å². The number of nitrogens with one attached hydrogen (secondary N) is 1. The van der Waals surface area contributed by atoms with Gasteiger partial charge in [0.05, 0.1) is 16.3 Å². The summed E-state index contributed by atoms with van der Waals surface area (Å²) < 4.78 is 1.86. The summed E-state index contributed by atoms with van der Waals surface area (Å²) in [6.45, 7) is 4.51. The minimum absolute atomic E-state index is 0.0705. The average Bonchev–Trinajstić information content (AvgIpc) is 3.23. The third-order valence-corrected chi connectivity index (χ3v) is 5.77. The van der Waals surface area contributed by atoms with E-state index in [4.69, 9.17) is 11.6 Å². The largest absolute Gasteiger partial charge is 0.347 e. The Labute approximate surface area is 166 Å². The van der Waals surface area contributed by atoms with E-state index < -0.39 is 0 Å². The topological polar surface area (TPSA) is 46.9 Å². The maximum absolute atomic E-state index is 12.6. The number of rotatable bonds is 4. The highest BCUT2D eigenvalue weighted by molar-refractivity contribution is 7.20. The van der Waals surface area contributed by atoms with Crippen molar-refractivity contribution in [2.45, 2.75) is 20.4 Å². The Bertz CT molecular complexity index is 1110. The molecule has 0 saturated heterocycles. The summed E-state index contributed by atoms with van der Waals surface area (Å²) in [6, 6.07) is 17.6. The quantitative estimate of drug-likeness (QED) is 0.510. The van der Waals surface area contributed by atoms with Gasteiger partial charge in [-0.15, -0.1) is 11.3 Å². The lowest BCUT2D eigenvalue weighted by Crippen LogP contribution is -2.21. The smallest absolute Gasteiger partial charge is 0.261 e. The van der Waals surface area contributed by atoms with Gasteiger partial charge >= 0.3 is 0 Å². The van der Waals surface area contributed by atoms with Gasteiger partial charge in [-0.3, -0.25) is 4.79 Å². The van der Waals surface area contributed by atoms with Gasteiger partial charge < -0.3 is 5.32 Å². The summed E-state index contributed by atoms with van der Waals surface area (Å²) in [4.78, 5) is 14.2. The van der Waals surface area contributed by atoms with Gasteiger partial charge in [-0.2, -0.15) is 5.10 Å². The van der Waals surface area contributed by atoms with E-state index in [1.54, 1.807) is 0 Å². The number of carbonyl (C=O) groups excluding carboxylic acids is 1. The molecule has 0 aliphatic carbocycles. The van der Waals surface area contributed by atoms with Crippen LogP contribution in [-0.2, 0) is 6.54 Å². The van der Waals surface area contributed by atoms with Gasteiger partial charge in [0.2, 0.25) is 0 Å². The molecule has 0 aliphatic rings. The molecule has 0 radical (unpaired) electrons. The van der Waals surface area contributed by atoms with Crippen LogP contribution < -0.4 is 5.32 Å². The fourth-order valence-corrected chi connectivity index (χ4v) is 4.12. The standard InChI is InChI=1S/C21H18ClN3OS/c1-13-3-5-15(6-4-13)12-23-20(26)19-11-18-14(2)24-25(21(18)27-19)17-9-7-16(22)8-10-17/h3-11H,12H2,1-2H3,(H,23,26). The molecule has 2 heterocycles. The second-order valence-electron chi connectivity index (χ2n) is 6.47. The first-order valence-corrected chi connectivity index (χ1v) is 9.79. The number of fused-ring (bicyclic) bond motifs is 1. The van der Waals surface area contributed by atoms with E-state index in [0.29, 0.717) is 16.4 Å². The van der Waals surface area contributed by atoms with Crippen LogP contribution in [0.2, 0.25) is 5.02 Å². The molecule has 1 N–H and O–H groups in total. The van der Waals surface area contributed by atoms with Gasteiger partial charge in [-0.05, 0) is 49.7 Å². The molecule has 0 bridgehead atoms. The normalized spacial score (nSPS) is 11.1. The zero-order valence-corrected chi connectivity index (χ0v) is 16.6. The highest BCUT2D eigenvalue weighted by Crippen LogP contribution is 2.30. The molecule has 136 valence electrons. The zero-order chi connectivity index (χ0) is 19.0. The van der Waals surface area contributed by atoms with Crippen molar-refractivity contribution in [1.82, 2.24) is 15.1 Å². The zero-order valence-electron chi connectivity index (χ0n) is 15.0. The molecule has 4 rings (SSSR count). The van der Waals surface area contributed by atoms with Crippen molar-refractivity contribution in [2.24, 2.45) is 0 Å². The Balaban J connectivity index is 1.59. The molecule has 0 aliphatic heterocycles. The van der Waals surface area contributed by atoms with Crippen molar-refractivity contribution < 1.29 is 4.79 Å². The van der Waals surface area contributed by atoms with Crippen LogP contribution in [0.1, 0.15) is 26.5 Å². The number of amides is 1. The maximum Gasteiger partial charge on any atom is 0.261 e. The molecule has 0 spiro atoms. The molecule has 6 heteroatoms. The predicted molar refractivity (Wildman–Crippen MR) is 111 cm³/mol. The van der Waals surface area contributed by atoms with Gasteiger partial charge in [-0.1, -0.05) is 41.4 Å². The maximum atomic E-state index is 12.6. The molecular weight excluding hydrogens is 378 g/mol. The summed E-state index contributed by atoms with van der Waals surface area (Å²) in [6.07, 6.45) is 0. The fraction of sp³-hybridized carbons (Fsp3) is 0.143. The average molecular weight is 396 g/mol. The molecular formula is C21H18ClN3OS. The van der Waals surface area contributed by atoms with Crippen molar-refractivity contribution in [2.75, 3.05) is 0 Å². The SMILES string of the molecule is Cc1ccc(CNC(=O)c2cc3c(C)nn(-c4ccc(Cl)cc4)c3s2)cc1. The van der Waals surface area contributed by atoms with Crippen molar-refractivity contribution in [3.63, 3.8) is 0 Å². The van der Waals surface area contributed by atoms with Gasteiger partial charge in [0.25, 0.3) is 5.91 Å². The Morgan fingerprint density at radius 3 is 2.52 bits per heavy atom. The molecule has 2 aromatic heterocycles. The van der Waals surface area contributed by atoms with E-state index in [-0.39, 0.29) is 5.91 Å². The molecule has 1 amide bonds. The number of nitrogens with zero attached hydrogens (tertiary/aromatic N) is 2. The molecule has 4 nitrogen and oxygen atoms in total. The van der Waals surface area contributed by atoms with E-state index in [1.165, 1.54) is 16.9 Å². The molecule has 0 atom stereocenters. The van der Waals surface area contributed by atoms with Crippen LogP contribution in [0.15, 0.2) is 54.6 Å². The Hall–Kier alpha value is -2.63. The van der Waals surface area contributed by atoms with E-state index >= 15 is 0 Å². The third-order valence-electron chi connectivity index (χ3n) is 4.41. The summed E-state index contributed by atoms with van der Waals surface area (Å²) in [5, 5.41) is 9.28. The Morgan fingerprint density at radius 1 is 1.11 bits per heavy atom. The molecule has 27 heavy (non-hydrogen) atoms. The molecule has 0 unspecified atom stereocenters. The molecule has 4 aromatic rings. The first-order chi connectivity index (χ1) is 13.0. The molecule has 0 saturated carbocycles. The van der Waals surface area contributed by atoms with Crippen LogP contribution in [0.3, 0.4) is 0 Å². The van der Waals surface area contributed by atoms with Crippen LogP contribution >= 0.6 is 22.9 Å². The van der Waals surface area contributed by atoms with E-state index in [9.17, 15) is 4.79 Å². The second-order valence-corrected chi connectivity index (χ2v) is 7.94. The monoisotopic (exact) mass is 395 g/mol. The van der Waals surface area contributed by atoms with Crippen molar-refractivity contribution in [3.8, 4) is 5.69 Å². The Morgan fingerprint density at radius 2 is 1.81 bits per heavy atom. The fourth-order valence-electron chi connectivity index (χ4n) is 2.89. The lowest BCUT2D eigenvalue weighted by Gasteiger charge is -2.04. The molecule has 0 fully saturated rings. The number of aryl methyl sites for hydroxylation is 2. The number of benzene rings is 2. The van der Waals surface area contributed by atoms with Crippen LogP contribution in [0.25, 0.3) is 15.9 Å². The number of hydrogen-bond acceptors (Lipinski definition) is 3. The number of aromatic nitrogens is 2. The summed E-state index contributed by atoms with van der Waals surface area (Å²) in [5.41, 5.74) is 4.11. The van der Waals surface area contributed by atoms with Crippen molar-refractivity contribution >= 4 is 39.1 Å². The van der Waals surface area contributed by atoms with Gasteiger partial charge in [-0.25, -0.2) is 4.68 Å². The highest BCUT2D eigenvalue weighted by Gasteiger charge is 2.17. The van der Waals surface area contributed by atoms with Gasteiger partial charge in [0.15, 0.2) is 0 Å². The number of halogens is 1. The molecule has 2 aromatic carbocycles. The first-order valence-electron chi connectivity index (χ1n) is 8.60. The highest BCUT2D eigenvalue weighted by atomic mass is 35.5. The minimum atomic E-state index is -0.0705. The van der Waals surface area contributed by atoms with Crippen LogP contribution in [0.5, 0.6) is 0 Å². The number of carbonyl (C=O) groups is 1. The number of hydrogen-bond donors (Lipinski definition) is 1. The first kappa shape index (κ1) is 17.8. The van der Waals surface area contributed by atoms with E-state index in [1.807, 2.05) is 73.1 Å². The second kappa shape index (κ2) is 7.18.